The van der Waals surface area contributed by atoms with Gasteiger partial charge in [0, 0.05) is 13.1 Å². The van der Waals surface area contributed by atoms with Crippen molar-refractivity contribution in [1.82, 2.24) is 15.2 Å². The van der Waals surface area contributed by atoms with Gasteiger partial charge in [-0.05, 0) is 41.8 Å². The average Bonchev–Trinajstić information content (AvgIpc) is 2.63. The zero-order valence-corrected chi connectivity index (χ0v) is 13.4. The van der Waals surface area contributed by atoms with Crippen LogP contribution in [0.25, 0.3) is 0 Å². The van der Waals surface area contributed by atoms with Gasteiger partial charge in [0.2, 0.25) is 5.95 Å². The summed E-state index contributed by atoms with van der Waals surface area (Å²) in [4.78, 5) is 4.32. The lowest BCUT2D eigenvalue weighted by Crippen LogP contribution is -2.10. The molecule has 2 aromatic carbocycles. The van der Waals surface area contributed by atoms with E-state index in [1.54, 1.807) is 24.3 Å². The largest absolute Gasteiger partial charge is 0.365 e. The Hall–Kier alpha value is -3.09. The van der Waals surface area contributed by atoms with Crippen LogP contribution in [0, 0.1) is 11.6 Å². The second kappa shape index (κ2) is 8.14. The third-order valence-corrected chi connectivity index (χ3v) is 3.56. The first kappa shape index (κ1) is 16.8. The molecule has 25 heavy (non-hydrogen) atoms. The van der Waals surface area contributed by atoms with Crippen molar-refractivity contribution in [3.8, 4) is 0 Å². The van der Waals surface area contributed by atoms with Crippen molar-refractivity contribution in [1.29, 1.82) is 0 Å². The number of aromatic nitrogens is 3. The van der Waals surface area contributed by atoms with Crippen molar-refractivity contribution in [3.05, 3.63) is 77.5 Å². The number of rotatable bonds is 7. The summed E-state index contributed by atoms with van der Waals surface area (Å²) in [5, 5.41) is 14.0. The standard InChI is InChI=1S/C18H17F2N5/c19-15-5-1-13(2-6-15)9-10-21-18-24-17(12-23-25-18)22-11-14-3-7-16(20)8-4-14/h1-8,12H,9-11H2,(H2,21,22,24,25). The van der Waals surface area contributed by atoms with Crippen LogP contribution in [0.4, 0.5) is 20.5 Å². The lowest BCUT2D eigenvalue weighted by molar-refractivity contribution is 0.626. The Labute approximate surface area is 144 Å². The Balaban J connectivity index is 1.50. The van der Waals surface area contributed by atoms with Crippen LogP contribution >= 0.6 is 0 Å². The van der Waals surface area contributed by atoms with E-state index in [1.807, 2.05) is 0 Å². The quantitative estimate of drug-likeness (QED) is 0.689. The molecule has 0 saturated carbocycles. The fourth-order valence-electron chi connectivity index (χ4n) is 2.23. The molecule has 128 valence electrons. The fourth-order valence-corrected chi connectivity index (χ4v) is 2.23. The molecule has 2 N–H and O–H groups in total. The predicted octanol–water partition coefficient (Wildman–Crippen LogP) is 3.42. The summed E-state index contributed by atoms with van der Waals surface area (Å²) in [5.74, 6) is 0.471. The van der Waals surface area contributed by atoms with E-state index in [0.717, 1.165) is 17.5 Å². The fraction of sp³-hybridized carbons (Fsp3) is 0.167. The van der Waals surface area contributed by atoms with Gasteiger partial charge in [-0.15, -0.1) is 5.10 Å². The number of anilines is 2. The molecule has 7 heteroatoms. The van der Waals surface area contributed by atoms with E-state index in [2.05, 4.69) is 25.8 Å². The second-order valence-electron chi connectivity index (χ2n) is 5.45. The van der Waals surface area contributed by atoms with E-state index in [0.29, 0.717) is 24.9 Å². The molecule has 0 aliphatic heterocycles. The van der Waals surface area contributed by atoms with E-state index in [-0.39, 0.29) is 11.6 Å². The van der Waals surface area contributed by atoms with Crippen LogP contribution in [0.2, 0.25) is 0 Å². The molecule has 1 heterocycles. The molecule has 0 radical (unpaired) electrons. The molecule has 0 unspecified atom stereocenters. The molecule has 0 aliphatic carbocycles. The second-order valence-corrected chi connectivity index (χ2v) is 5.45. The highest BCUT2D eigenvalue weighted by atomic mass is 19.1. The van der Waals surface area contributed by atoms with Crippen molar-refractivity contribution in [3.63, 3.8) is 0 Å². The van der Waals surface area contributed by atoms with Crippen LogP contribution < -0.4 is 10.6 Å². The third-order valence-electron chi connectivity index (χ3n) is 3.56. The molecule has 0 atom stereocenters. The molecular formula is C18H17F2N5. The summed E-state index contributed by atoms with van der Waals surface area (Å²) < 4.78 is 25.7. The van der Waals surface area contributed by atoms with E-state index in [1.165, 1.54) is 30.5 Å². The highest BCUT2D eigenvalue weighted by Crippen LogP contribution is 2.09. The Bertz CT molecular complexity index is 806. The first-order valence-corrected chi connectivity index (χ1v) is 7.85. The van der Waals surface area contributed by atoms with E-state index in [4.69, 9.17) is 0 Å². The predicted molar refractivity (Wildman–Crippen MR) is 92.1 cm³/mol. The topological polar surface area (TPSA) is 62.7 Å². The zero-order chi connectivity index (χ0) is 17.5. The molecule has 3 rings (SSSR count). The van der Waals surface area contributed by atoms with Crippen LogP contribution in [0.5, 0.6) is 0 Å². The summed E-state index contributed by atoms with van der Waals surface area (Å²) in [7, 11) is 0. The van der Waals surface area contributed by atoms with Crippen molar-refractivity contribution < 1.29 is 8.78 Å². The first-order chi connectivity index (χ1) is 12.2. The van der Waals surface area contributed by atoms with Crippen molar-refractivity contribution >= 4 is 11.8 Å². The minimum atomic E-state index is -0.264. The smallest absolute Gasteiger partial charge is 0.244 e. The molecule has 5 nitrogen and oxygen atoms in total. The van der Waals surface area contributed by atoms with E-state index >= 15 is 0 Å². The van der Waals surface area contributed by atoms with Gasteiger partial charge in [0.15, 0.2) is 5.82 Å². The van der Waals surface area contributed by atoms with Crippen LogP contribution in [0.3, 0.4) is 0 Å². The van der Waals surface area contributed by atoms with Gasteiger partial charge in [-0.2, -0.15) is 10.1 Å². The first-order valence-electron chi connectivity index (χ1n) is 7.85. The van der Waals surface area contributed by atoms with Gasteiger partial charge in [0.1, 0.15) is 11.6 Å². The average molecular weight is 341 g/mol. The molecule has 0 fully saturated rings. The van der Waals surface area contributed by atoms with Crippen LogP contribution in [0.1, 0.15) is 11.1 Å². The summed E-state index contributed by atoms with van der Waals surface area (Å²) in [5.41, 5.74) is 1.96. The molecule has 0 saturated heterocycles. The van der Waals surface area contributed by atoms with Gasteiger partial charge in [0.25, 0.3) is 0 Å². The summed E-state index contributed by atoms with van der Waals surface area (Å²) in [6.07, 6.45) is 2.24. The Kier molecular flexibility index (Phi) is 5.46. The maximum Gasteiger partial charge on any atom is 0.244 e. The van der Waals surface area contributed by atoms with Crippen molar-refractivity contribution in [2.75, 3.05) is 17.2 Å². The maximum absolute atomic E-state index is 12.9. The molecule has 3 aromatic rings. The number of hydrogen-bond acceptors (Lipinski definition) is 5. The van der Waals surface area contributed by atoms with Crippen LogP contribution in [-0.2, 0) is 13.0 Å². The minimum Gasteiger partial charge on any atom is -0.365 e. The lowest BCUT2D eigenvalue weighted by Gasteiger charge is -2.08. The number of halogens is 2. The third kappa shape index (κ3) is 5.20. The molecule has 0 amide bonds. The van der Waals surface area contributed by atoms with Gasteiger partial charge in [0.05, 0.1) is 6.20 Å². The highest BCUT2D eigenvalue weighted by molar-refractivity contribution is 5.38. The monoisotopic (exact) mass is 341 g/mol. The number of hydrogen-bond donors (Lipinski definition) is 2. The van der Waals surface area contributed by atoms with E-state index in [9.17, 15) is 8.78 Å². The molecule has 0 bridgehead atoms. The Morgan fingerprint density at radius 1 is 0.800 bits per heavy atom. The van der Waals surface area contributed by atoms with Crippen molar-refractivity contribution in [2.24, 2.45) is 0 Å². The lowest BCUT2D eigenvalue weighted by atomic mass is 10.1. The maximum atomic E-state index is 12.9. The number of benzene rings is 2. The Morgan fingerprint density at radius 3 is 2.12 bits per heavy atom. The molecular weight excluding hydrogens is 324 g/mol. The normalized spacial score (nSPS) is 10.5. The summed E-state index contributed by atoms with van der Waals surface area (Å²) in [6.45, 7) is 1.11. The van der Waals surface area contributed by atoms with Gasteiger partial charge in [-0.3, -0.25) is 0 Å². The van der Waals surface area contributed by atoms with Crippen molar-refractivity contribution in [2.45, 2.75) is 13.0 Å². The molecule has 0 spiro atoms. The number of nitrogens with zero attached hydrogens (tertiary/aromatic N) is 3. The Morgan fingerprint density at radius 2 is 1.44 bits per heavy atom. The molecule has 0 aliphatic rings. The summed E-state index contributed by atoms with van der Waals surface area (Å²) in [6, 6.07) is 12.6. The van der Waals surface area contributed by atoms with Crippen LogP contribution in [-0.4, -0.2) is 21.7 Å². The number of nitrogens with one attached hydrogen (secondary N) is 2. The summed E-state index contributed by atoms with van der Waals surface area (Å²) >= 11 is 0. The highest BCUT2D eigenvalue weighted by Gasteiger charge is 2.01. The molecule has 1 aromatic heterocycles. The zero-order valence-electron chi connectivity index (χ0n) is 13.4. The van der Waals surface area contributed by atoms with Crippen LogP contribution in [0.15, 0.2) is 54.7 Å². The SMILES string of the molecule is Fc1ccc(CCNc2nncc(NCc3ccc(F)cc3)n2)cc1. The minimum absolute atomic E-state index is 0.246. The van der Waals surface area contributed by atoms with Gasteiger partial charge >= 0.3 is 0 Å². The van der Waals surface area contributed by atoms with Gasteiger partial charge in [-0.25, -0.2) is 8.78 Å². The van der Waals surface area contributed by atoms with Gasteiger partial charge in [-0.1, -0.05) is 24.3 Å². The van der Waals surface area contributed by atoms with Gasteiger partial charge < -0.3 is 10.6 Å². The van der Waals surface area contributed by atoms with E-state index < -0.39 is 0 Å².